The Kier molecular flexibility index (Phi) is 3.15. The summed E-state index contributed by atoms with van der Waals surface area (Å²) in [5.74, 6) is 1.17. The van der Waals surface area contributed by atoms with Crippen molar-refractivity contribution in [2.75, 3.05) is 0 Å². The van der Waals surface area contributed by atoms with Gasteiger partial charge in [-0.2, -0.15) is 5.10 Å². The number of Topliss-reactive ketones (excluding diaryl/α,β-unsaturated/α-hetero) is 1. The minimum Gasteiger partial charge on any atom is -0.299 e. The second-order valence-electron chi connectivity index (χ2n) is 5.15. The molecule has 4 heteroatoms. The second kappa shape index (κ2) is 4.96. The van der Waals surface area contributed by atoms with Crippen molar-refractivity contribution in [3.8, 4) is 0 Å². The topological polar surface area (TPSA) is 47.8 Å². The van der Waals surface area contributed by atoms with Crippen LogP contribution in [-0.2, 0) is 31.1 Å². The van der Waals surface area contributed by atoms with Gasteiger partial charge in [-0.25, -0.2) is 4.98 Å². The van der Waals surface area contributed by atoms with Gasteiger partial charge in [-0.3, -0.25) is 9.48 Å². The first-order valence-corrected chi connectivity index (χ1v) is 6.66. The van der Waals surface area contributed by atoms with E-state index < -0.39 is 0 Å². The quantitative estimate of drug-likeness (QED) is 0.839. The van der Waals surface area contributed by atoms with Gasteiger partial charge >= 0.3 is 0 Å². The van der Waals surface area contributed by atoms with E-state index in [9.17, 15) is 4.79 Å². The Morgan fingerprint density at radius 1 is 1.37 bits per heavy atom. The van der Waals surface area contributed by atoms with Crippen LogP contribution in [0.3, 0.4) is 0 Å². The van der Waals surface area contributed by atoms with Crippen LogP contribution in [-0.4, -0.2) is 20.5 Å². The van der Waals surface area contributed by atoms with Gasteiger partial charge in [0.15, 0.2) is 0 Å². The van der Waals surface area contributed by atoms with Gasteiger partial charge in [-0.1, -0.05) is 24.3 Å². The number of aromatic nitrogens is 3. The molecule has 1 unspecified atom stereocenters. The van der Waals surface area contributed by atoms with Crippen molar-refractivity contribution in [1.29, 1.82) is 0 Å². The summed E-state index contributed by atoms with van der Waals surface area (Å²) in [5, 5.41) is 4.00. The Bertz CT molecular complexity index is 603. The maximum Gasteiger partial charge on any atom is 0.143 e. The average molecular weight is 255 g/mol. The summed E-state index contributed by atoms with van der Waals surface area (Å²) < 4.78 is 1.68. The maximum absolute atomic E-state index is 12.3. The zero-order valence-corrected chi connectivity index (χ0v) is 11.0. The monoisotopic (exact) mass is 255 g/mol. The molecule has 1 aromatic carbocycles. The van der Waals surface area contributed by atoms with Crippen molar-refractivity contribution in [2.45, 2.75) is 25.7 Å². The number of carbonyl (C=O) groups excluding carboxylic acids is 1. The molecule has 1 aromatic heterocycles. The molecular formula is C15H17N3O. The zero-order chi connectivity index (χ0) is 13.2. The van der Waals surface area contributed by atoms with Gasteiger partial charge in [-0.15, -0.1) is 0 Å². The largest absolute Gasteiger partial charge is 0.299 e. The number of aryl methyl sites for hydroxylation is 2. The van der Waals surface area contributed by atoms with Crippen LogP contribution in [0.4, 0.5) is 0 Å². The lowest BCUT2D eigenvalue weighted by molar-refractivity contribution is -0.122. The lowest BCUT2D eigenvalue weighted by Crippen LogP contribution is -2.25. The first-order valence-electron chi connectivity index (χ1n) is 6.66. The second-order valence-corrected chi connectivity index (χ2v) is 5.15. The zero-order valence-electron chi connectivity index (χ0n) is 11.0. The third kappa shape index (κ3) is 2.43. The van der Waals surface area contributed by atoms with E-state index in [1.165, 1.54) is 17.5 Å². The van der Waals surface area contributed by atoms with E-state index in [1.54, 1.807) is 4.68 Å². The Morgan fingerprint density at radius 3 is 2.89 bits per heavy atom. The van der Waals surface area contributed by atoms with Crippen LogP contribution in [0, 0.1) is 5.92 Å². The highest BCUT2D eigenvalue weighted by Gasteiger charge is 2.25. The summed E-state index contributed by atoms with van der Waals surface area (Å²) in [6.45, 7) is 0. The van der Waals surface area contributed by atoms with Crippen LogP contribution < -0.4 is 0 Å². The van der Waals surface area contributed by atoms with Gasteiger partial charge in [0.2, 0.25) is 0 Å². The molecule has 1 aliphatic rings. The van der Waals surface area contributed by atoms with Crippen molar-refractivity contribution in [1.82, 2.24) is 14.8 Å². The van der Waals surface area contributed by atoms with Gasteiger partial charge in [0.1, 0.15) is 17.9 Å². The fourth-order valence-corrected chi connectivity index (χ4v) is 2.75. The summed E-state index contributed by atoms with van der Waals surface area (Å²) in [4.78, 5) is 16.5. The highest BCUT2D eigenvalue weighted by molar-refractivity contribution is 5.83. The highest BCUT2D eigenvalue weighted by Crippen LogP contribution is 2.26. The molecule has 4 nitrogen and oxygen atoms in total. The Balaban J connectivity index is 1.71. The predicted molar refractivity (Wildman–Crippen MR) is 71.7 cm³/mol. The van der Waals surface area contributed by atoms with E-state index >= 15 is 0 Å². The summed E-state index contributed by atoms with van der Waals surface area (Å²) in [6.07, 6.45) is 4.72. The van der Waals surface area contributed by atoms with E-state index in [4.69, 9.17) is 0 Å². The lowest BCUT2D eigenvalue weighted by Gasteiger charge is -2.23. The van der Waals surface area contributed by atoms with Crippen LogP contribution in [0.2, 0.25) is 0 Å². The molecule has 0 amide bonds. The van der Waals surface area contributed by atoms with Crippen LogP contribution in [0.5, 0.6) is 0 Å². The van der Waals surface area contributed by atoms with Crippen LogP contribution >= 0.6 is 0 Å². The van der Waals surface area contributed by atoms with E-state index in [-0.39, 0.29) is 11.7 Å². The van der Waals surface area contributed by atoms with E-state index in [0.29, 0.717) is 6.42 Å². The van der Waals surface area contributed by atoms with E-state index in [1.807, 2.05) is 13.1 Å². The first kappa shape index (κ1) is 12.1. The molecule has 3 rings (SSSR count). The fourth-order valence-electron chi connectivity index (χ4n) is 2.75. The SMILES string of the molecule is Cn1ncnc1CC(=O)C1CCc2ccccc2C1. The summed E-state index contributed by atoms with van der Waals surface area (Å²) in [5.41, 5.74) is 2.72. The number of carbonyl (C=O) groups is 1. The number of fused-ring (bicyclic) bond motifs is 1. The van der Waals surface area contributed by atoms with Crippen molar-refractivity contribution in [3.05, 3.63) is 47.5 Å². The molecule has 2 aromatic rings. The number of benzene rings is 1. The molecule has 0 fully saturated rings. The molecule has 0 spiro atoms. The molecule has 0 saturated heterocycles. The highest BCUT2D eigenvalue weighted by atomic mass is 16.1. The molecular weight excluding hydrogens is 238 g/mol. The molecule has 0 bridgehead atoms. The molecule has 0 aliphatic heterocycles. The standard InChI is InChI=1S/C15H17N3O/c1-18-15(16-10-17-18)9-14(19)13-7-6-11-4-2-3-5-12(11)8-13/h2-5,10,13H,6-9H2,1H3. The summed E-state index contributed by atoms with van der Waals surface area (Å²) in [7, 11) is 1.83. The van der Waals surface area contributed by atoms with Gasteiger partial charge in [-0.05, 0) is 30.4 Å². The maximum atomic E-state index is 12.3. The van der Waals surface area contributed by atoms with Crippen molar-refractivity contribution in [3.63, 3.8) is 0 Å². The van der Waals surface area contributed by atoms with E-state index in [2.05, 4.69) is 28.3 Å². The van der Waals surface area contributed by atoms with E-state index in [0.717, 1.165) is 25.1 Å². The van der Waals surface area contributed by atoms with Crippen molar-refractivity contribution >= 4 is 5.78 Å². The normalized spacial score (nSPS) is 18.1. The minimum atomic E-state index is 0.131. The molecule has 1 aliphatic carbocycles. The molecule has 98 valence electrons. The number of ketones is 1. The molecule has 1 atom stereocenters. The van der Waals surface area contributed by atoms with Crippen LogP contribution in [0.25, 0.3) is 0 Å². The van der Waals surface area contributed by atoms with Gasteiger partial charge < -0.3 is 0 Å². The Labute approximate surface area is 112 Å². The van der Waals surface area contributed by atoms with Gasteiger partial charge in [0.05, 0.1) is 6.42 Å². The Morgan fingerprint density at radius 2 is 2.16 bits per heavy atom. The third-order valence-electron chi connectivity index (χ3n) is 3.94. The first-order chi connectivity index (χ1) is 9.24. The molecule has 0 saturated carbocycles. The average Bonchev–Trinajstić information content (AvgIpc) is 2.84. The minimum absolute atomic E-state index is 0.131. The number of rotatable bonds is 3. The van der Waals surface area contributed by atoms with Gasteiger partial charge in [0.25, 0.3) is 0 Å². The van der Waals surface area contributed by atoms with Crippen LogP contribution in [0.15, 0.2) is 30.6 Å². The van der Waals surface area contributed by atoms with Gasteiger partial charge in [0, 0.05) is 13.0 Å². The smallest absolute Gasteiger partial charge is 0.143 e. The fraction of sp³-hybridized carbons (Fsp3) is 0.400. The number of nitrogens with zero attached hydrogens (tertiary/aromatic N) is 3. The molecule has 0 radical (unpaired) electrons. The van der Waals surface area contributed by atoms with Crippen LogP contribution in [0.1, 0.15) is 23.4 Å². The molecule has 19 heavy (non-hydrogen) atoms. The Hall–Kier alpha value is -1.97. The van der Waals surface area contributed by atoms with Crippen molar-refractivity contribution < 1.29 is 4.79 Å². The summed E-state index contributed by atoms with van der Waals surface area (Å²) >= 11 is 0. The summed E-state index contributed by atoms with van der Waals surface area (Å²) in [6, 6.07) is 8.42. The number of hydrogen-bond donors (Lipinski definition) is 0. The molecule has 1 heterocycles. The third-order valence-corrected chi connectivity index (χ3v) is 3.94. The van der Waals surface area contributed by atoms with Crippen molar-refractivity contribution in [2.24, 2.45) is 13.0 Å². The molecule has 0 N–H and O–H groups in total. The number of hydrogen-bond acceptors (Lipinski definition) is 3. The predicted octanol–water partition coefficient (Wildman–Crippen LogP) is 1.73. The lowest BCUT2D eigenvalue weighted by atomic mass is 9.81.